The molecule has 1 fully saturated rings. The molecule has 0 bridgehead atoms. The van der Waals surface area contributed by atoms with Crippen LogP contribution in [0.3, 0.4) is 0 Å². The van der Waals surface area contributed by atoms with Gasteiger partial charge in [0.15, 0.2) is 0 Å². The van der Waals surface area contributed by atoms with Gasteiger partial charge < -0.3 is 14.7 Å². The second kappa shape index (κ2) is 8.57. The number of pyridine rings is 2. The number of aromatic nitrogens is 2. The van der Waals surface area contributed by atoms with Crippen molar-refractivity contribution in [2.75, 3.05) is 7.11 Å². The van der Waals surface area contributed by atoms with E-state index in [0.29, 0.717) is 11.3 Å². The fraction of sp³-hybridized carbons (Fsp3) is 0.130. The SMILES string of the molecule is COc1ccc(Cl)c(/C(O)=C2\C(=O)C(=O)N(Cc3cccnc3)C2c2cccnc2)c1. The lowest BCUT2D eigenvalue weighted by atomic mass is 9.96. The van der Waals surface area contributed by atoms with Crippen LogP contribution in [0.25, 0.3) is 5.76 Å². The third-order valence-corrected chi connectivity index (χ3v) is 5.37. The Morgan fingerprint density at radius 2 is 1.87 bits per heavy atom. The van der Waals surface area contributed by atoms with Crippen LogP contribution in [0, 0.1) is 0 Å². The number of amides is 1. The maximum atomic E-state index is 13.1. The van der Waals surface area contributed by atoms with Crippen molar-refractivity contribution in [2.24, 2.45) is 0 Å². The zero-order chi connectivity index (χ0) is 22.0. The Balaban J connectivity index is 1.89. The van der Waals surface area contributed by atoms with Crippen LogP contribution in [0.5, 0.6) is 5.75 Å². The summed E-state index contributed by atoms with van der Waals surface area (Å²) in [5.41, 5.74) is 1.48. The number of ketones is 1. The second-order valence-corrected chi connectivity index (χ2v) is 7.33. The number of nitrogens with zero attached hydrogens (tertiary/aromatic N) is 3. The Kier molecular flexibility index (Phi) is 5.68. The summed E-state index contributed by atoms with van der Waals surface area (Å²) < 4.78 is 5.21. The molecule has 1 unspecified atom stereocenters. The predicted molar refractivity (Wildman–Crippen MR) is 114 cm³/mol. The number of rotatable bonds is 5. The number of likely N-dealkylation sites (tertiary alicyclic amines) is 1. The standard InChI is InChI=1S/C23H18ClN3O4/c1-31-16-6-7-18(24)17(10-16)21(28)19-20(15-5-3-9-26-12-15)27(23(30)22(19)29)13-14-4-2-8-25-11-14/h2-12,20,28H,13H2,1H3/b21-19+. The number of aliphatic hydroxyl groups excluding tert-OH is 1. The number of hydrogen-bond acceptors (Lipinski definition) is 6. The molecule has 1 N–H and O–H groups in total. The van der Waals surface area contributed by atoms with Gasteiger partial charge in [0, 0.05) is 36.9 Å². The van der Waals surface area contributed by atoms with Crippen LogP contribution in [-0.2, 0) is 16.1 Å². The Hall–Kier alpha value is -3.71. The van der Waals surface area contributed by atoms with E-state index in [1.165, 1.54) is 18.1 Å². The van der Waals surface area contributed by atoms with E-state index >= 15 is 0 Å². The maximum absolute atomic E-state index is 13.1. The van der Waals surface area contributed by atoms with Crippen LogP contribution in [0.2, 0.25) is 5.02 Å². The minimum atomic E-state index is -0.837. The number of aliphatic hydroxyl groups is 1. The van der Waals surface area contributed by atoms with Gasteiger partial charge in [-0.2, -0.15) is 0 Å². The first-order valence-corrected chi connectivity index (χ1v) is 9.80. The van der Waals surface area contributed by atoms with E-state index in [1.54, 1.807) is 55.1 Å². The molecule has 31 heavy (non-hydrogen) atoms. The maximum Gasteiger partial charge on any atom is 0.295 e. The van der Waals surface area contributed by atoms with E-state index in [-0.39, 0.29) is 28.5 Å². The topological polar surface area (TPSA) is 92.6 Å². The van der Waals surface area contributed by atoms with Crippen molar-refractivity contribution < 1.29 is 19.4 Å². The van der Waals surface area contributed by atoms with Crippen LogP contribution in [0.4, 0.5) is 0 Å². The first-order valence-electron chi connectivity index (χ1n) is 9.42. The van der Waals surface area contributed by atoms with Crippen LogP contribution in [0.15, 0.2) is 72.8 Å². The second-order valence-electron chi connectivity index (χ2n) is 6.92. The van der Waals surface area contributed by atoms with Gasteiger partial charge in [0.2, 0.25) is 0 Å². The highest BCUT2D eigenvalue weighted by Gasteiger charge is 2.46. The fourth-order valence-electron chi connectivity index (χ4n) is 3.57. The molecule has 8 heteroatoms. The molecule has 0 radical (unpaired) electrons. The molecule has 2 aromatic heterocycles. The Morgan fingerprint density at radius 1 is 1.13 bits per heavy atom. The van der Waals surface area contributed by atoms with Gasteiger partial charge in [0.25, 0.3) is 11.7 Å². The number of ether oxygens (including phenoxy) is 1. The average molecular weight is 436 g/mol. The third kappa shape index (κ3) is 3.87. The summed E-state index contributed by atoms with van der Waals surface area (Å²) in [6, 6.07) is 10.9. The first kappa shape index (κ1) is 20.6. The van der Waals surface area contributed by atoms with Crippen LogP contribution in [-0.4, -0.2) is 38.8 Å². The number of carbonyl (C=O) groups is 2. The van der Waals surface area contributed by atoms with E-state index in [1.807, 2.05) is 6.07 Å². The summed E-state index contributed by atoms with van der Waals surface area (Å²) in [5, 5.41) is 11.4. The molecular formula is C23H18ClN3O4. The molecule has 3 aromatic rings. The third-order valence-electron chi connectivity index (χ3n) is 5.04. The van der Waals surface area contributed by atoms with Gasteiger partial charge in [-0.3, -0.25) is 19.6 Å². The highest BCUT2D eigenvalue weighted by Crippen LogP contribution is 2.41. The lowest BCUT2D eigenvalue weighted by molar-refractivity contribution is -0.140. The van der Waals surface area contributed by atoms with E-state index in [2.05, 4.69) is 9.97 Å². The van der Waals surface area contributed by atoms with Crippen LogP contribution >= 0.6 is 11.6 Å². The zero-order valence-corrected chi connectivity index (χ0v) is 17.3. The molecule has 1 saturated heterocycles. The molecule has 1 aromatic carbocycles. The Morgan fingerprint density at radius 3 is 2.52 bits per heavy atom. The van der Waals surface area contributed by atoms with Gasteiger partial charge in [0.05, 0.1) is 23.7 Å². The van der Waals surface area contributed by atoms with Crippen molar-refractivity contribution >= 4 is 29.1 Å². The summed E-state index contributed by atoms with van der Waals surface area (Å²) in [4.78, 5) is 35.6. The highest BCUT2D eigenvalue weighted by molar-refractivity contribution is 6.47. The lowest BCUT2D eigenvalue weighted by Crippen LogP contribution is -2.29. The van der Waals surface area contributed by atoms with Gasteiger partial charge in [-0.15, -0.1) is 0 Å². The Bertz CT molecular complexity index is 1170. The predicted octanol–water partition coefficient (Wildman–Crippen LogP) is 3.76. The quantitative estimate of drug-likeness (QED) is 0.372. The van der Waals surface area contributed by atoms with Crippen molar-refractivity contribution in [2.45, 2.75) is 12.6 Å². The molecule has 156 valence electrons. The van der Waals surface area contributed by atoms with Gasteiger partial charge in [-0.25, -0.2) is 0 Å². The fourth-order valence-corrected chi connectivity index (χ4v) is 3.78. The van der Waals surface area contributed by atoms with Crippen molar-refractivity contribution in [3.05, 3.63) is 94.5 Å². The van der Waals surface area contributed by atoms with Crippen LogP contribution in [0.1, 0.15) is 22.7 Å². The smallest absolute Gasteiger partial charge is 0.295 e. The summed E-state index contributed by atoms with van der Waals surface area (Å²) in [6.07, 6.45) is 6.41. The van der Waals surface area contributed by atoms with Crippen molar-refractivity contribution in [1.29, 1.82) is 0 Å². The van der Waals surface area contributed by atoms with Crippen LogP contribution < -0.4 is 4.74 Å². The van der Waals surface area contributed by atoms with Crippen molar-refractivity contribution in [3.63, 3.8) is 0 Å². The van der Waals surface area contributed by atoms with Gasteiger partial charge in [-0.1, -0.05) is 23.7 Å². The average Bonchev–Trinajstić information content (AvgIpc) is 3.05. The molecule has 0 saturated carbocycles. The molecule has 1 atom stereocenters. The van der Waals surface area contributed by atoms with Gasteiger partial charge in [-0.05, 0) is 41.5 Å². The largest absolute Gasteiger partial charge is 0.507 e. The summed E-state index contributed by atoms with van der Waals surface area (Å²) >= 11 is 6.29. The monoisotopic (exact) mass is 435 g/mol. The molecule has 1 aliphatic heterocycles. The Labute approximate surface area is 183 Å². The van der Waals surface area contributed by atoms with E-state index in [0.717, 1.165) is 5.56 Å². The minimum Gasteiger partial charge on any atom is -0.507 e. The van der Waals surface area contributed by atoms with Crippen molar-refractivity contribution in [3.8, 4) is 5.75 Å². The molecular weight excluding hydrogens is 418 g/mol. The van der Waals surface area contributed by atoms with E-state index in [4.69, 9.17) is 16.3 Å². The van der Waals surface area contributed by atoms with E-state index in [9.17, 15) is 14.7 Å². The number of methoxy groups -OCH3 is 1. The molecule has 1 amide bonds. The van der Waals surface area contributed by atoms with E-state index < -0.39 is 17.7 Å². The number of hydrogen-bond donors (Lipinski definition) is 1. The van der Waals surface area contributed by atoms with Crippen molar-refractivity contribution in [1.82, 2.24) is 14.9 Å². The van der Waals surface area contributed by atoms with Gasteiger partial charge >= 0.3 is 0 Å². The lowest BCUT2D eigenvalue weighted by Gasteiger charge is -2.25. The first-order chi connectivity index (χ1) is 15.0. The number of halogens is 1. The minimum absolute atomic E-state index is 0.0583. The number of Topliss-reactive ketones (excluding diaryl/α,β-unsaturated/α-hetero) is 1. The number of benzene rings is 1. The highest BCUT2D eigenvalue weighted by atomic mass is 35.5. The molecule has 0 aliphatic carbocycles. The summed E-state index contributed by atoms with van der Waals surface area (Å²) in [5.74, 6) is -1.44. The molecule has 3 heterocycles. The van der Waals surface area contributed by atoms with Gasteiger partial charge in [0.1, 0.15) is 11.5 Å². The molecule has 0 spiro atoms. The normalized spacial score (nSPS) is 17.7. The molecule has 4 rings (SSSR count). The number of carbonyl (C=O) groups excluding carboxylic acids is 2. The summed E-state index contributed by atoms with van der Waals surface area (Å²) in [6.45, 7) is 0.139. The zero-order valence-electron chi connectivity index (χ0n) is 16.5. The summed E-state index contributed by atoms with van der Waals surface area (Å²) in [7, 11) is 1.48. The molecule has 7 nitrogen and oxygen atoms in total. The molecule has 1 aliphatic rings.